The van der Waals surface area contributed by atoms with Gasteiger partial charge in [0.05, 0.1) is 32.5 Å². The highest BCUT2D eigenvalue weighted by Crippen LogP contribution is 2.01. The maximum Gasteiger partial charge on any atom is 0.135 e. The lowest BCUT2D eigenvalue weighted by atomic mass is 10.1. The fourth-order valence-electron chi connectivity index (χ4n) is 1.30. The molecule has 0 amide bonds. The van der Waals surface area contributed by atoms with Gasteiger partial charge < -0.3 is 14.2 Å². The highest BCUT2D eigenvalue weighted by molar-refractivity contribution is 5.80. The number of hydrogen-bond acceptors (Lipinski definition) is 4. The molecule has 0 aromatic heterocycles. The molecular formula is C15H32O4. The molecule has 0 aliphatic rings. The summed E-state index contributed by atoms with van der Waals surface area (Å²) in [5.41, 5.74) is 0. The van der Waals surface area contributed by atoms with Crippen molar-refractivity contribution < 1.29 is 19.0 Å². The molecule has 0 atom stereocenters. The van der Waals surface area contributed by atoms with Crippen LogP contribution >= 0.6 is 0 Å². The van der Waals surface area contributed by atoms with Crippen molar-refractivity contribution in [1.82, 2.24) is 0 Å². The molecule has 0 heterocycles. The van der Waals surface area contributed by atoms with E-state index in [0.29, 0.717) is 45.2 Å². The molecule has 116 valence electrons. The Morgan fingerprint density at radius 2 is 1.42 bits per heavy atom. The first-order chi connectivity index (χ1) is 8.54. The fourth-order valence-corrected chi connectivity index (χ4v) is 1.30. The third-order valence-electron chi connectivity index (χ3n) is 2.41. The Bertz CT molecular complexity index is 202. The zero-order valence-electron chi connectivity index (χ0n) is 12.2. The van der Waals surface area contributed by atoms with E-state index in [1.165, 1.54) is 0 Å². The van der Waals surface area contributed by atoms with Crippen LogP contribution in [0, 0.1) is 5.92 Å². The average Bonchev–Trinajstić information content (AvgIpc) is 2.30. The van der Waals surface area contributed by atoms with Crippen molar-refractivity contribution in [2.75, 3.05) is 33.0 Å². The van der Waals surface area contributed by atoms with E-state index in [0.717, 1.165) is 6.42 Å². The molecular weight excluding hydrogens is 244 g/mol. The normalized spacial score (nSPS) is 10.8. The number of ketones is 1. The van der Waals surface area contributed by atoms with Crippen molar-refractivity contribution in [1.29, 1.82) is 0 Å². The fraction of sp³-hybridized carbons (Fsp3) is 0.933. The first-order valence-electron chi connectivity index (χ1n) is 6.83. The molecule has 0 unspecified atom stereocenters. The van der Waals surface area contributed by atoms with E-state index in [2.05, 4.69) is 0 Å². The first-order valence-corrected chi connectivity index (χ1v) is 6.83. The van der Waals surface area contributed by atoms with Crippen LogP contribution in [0.2, 0.25) is 0 Å². The summed E-state index contributed by atoms with van der Waals surface area (Å²) in [6.07, 6.45) is 1.66. The largest absolute Gasteiger partial charge is 0.379 e. The molecule has 0 radical (unpaired) electrons. The van der Waals surface area contributed by atoms with Crippen molar-refractivity contribution in [2.45, 2.75) is 54.1 Å². The monoisotopic (exact) mass is 276 g/mol. The van der Waals surface area contributed by atoms with Gasteiger partial charge in [-0.25, -0.2) is 0 Å². The summed E-state index contributed by atoms with van der Waals surface area (Å²) in [5.74, 6) is 0.440. The second-order valence-corrected chi connectivity index (χ2v) is 4.87. The van der Waals surface area contributed by atoms with E-state index in [4.69, 9.17) is 14.2 Å². The van der Waals surface area contributed by atoms with E-state index < -0.39 is 0 Å². The molecule has 0 N–H and O–H groups in total. The quantitative estimate of drug-likeness (QED) is 0.514. The Morgan fingerprint density at radius 3 is 1.95 bits per heavy atom. The van der Waals surface area contributed by atoms with Crippen LogP contribution in [0.3, 0.4) is 0 Å². The van der Waals surface area contributed by atoms with Crippen LogP contribution < -0.4 is 0 Å². The van der Waals surface area contributed by atoms with E-state index >= 15 is 0 Å². The van der Waals surface area contributed by atoms with E-state index in [1.54, 1.807) is 0 Å². The third-order valence-corrected chi connectivity index (χ3v) is 2.41. The topological polar surface area (TPSA) is 44.8 Å². The molecule has 0 aromatic carbocycles. The van der Waals surface area contributed by atoms with Gasteiger partial charge in [0.25, 0.3) is 0 Å². The second-order valence-electron chi connectivity index (χ2n) is 4.87. The summed E-state index contributed by atoms with van der Waals surface area (Å²) in [6.45, 7) is 10.9. The number of rotatable bonds is 12. The molecule has 0 fully saturated rings. The van der Waals surface area contributed by atoms with E-state index in [-0.39, 0.29) is 19.4 Å². The van der Waals surface area contributed by atoms with Gasteiger partial charge in [-0.15, -0.1) is 0 Å². The van der Waals surface area contributed by atoms with Gasteiger partial charge in [0.2, 0.25) is 0 Å². The summed E-state index contributed by atoms with van der Waals surface area (Å²) in [6, 6.07) is 0. The van der Waals surface area contributed by atoms with Crippen molar-refractivity contribution in [3.8, 4) is 0 Å². The molecule has 0 aliphatic heterocycles. The van der Waals surface area contributed by atoms with Crippen molar-refractivity contribution >= 4 is 5.78 Å². The summed E-state index contributed by atoms with van der Waals surface area (Å²) < 4.78 is 16.0. The van der Waals surface area contributed by atoms with Crippen molar-refractivity contribution in [2.24, 2.45) is 5.92 Å². The number of carbonyl (C=O) groups is 1. The van der Waals surface area contributed by atoms with Crippen LogP contribution in [-0.4, -0.2) is 44.9 Å². The minimum Gasteiger partial charge on any atom is -0.379 e. The smallest absolute Gasteiger partial charge is 0.135 e. The van der Waals surface area contributed by atoms with Gasteiger partial charge in [-0.05, 0) is 20.3 Å². The summed E-state index contributed by atoms with van der Waals surface area (Å²) in [7, 11) is 0. The molecule has 0 aromatic rings. The SMILES string of the molecule is C.CC(C)OCCOCCOCCCC(=O)C(C)C. The Labute approximate surface area is 118 Å². The van der Waals surface area contributed by atoms with Gasteiger partial charge in [0.15, 0.2) is 0 Å². The number of hydrogen-bond donors (Lipinski definition) is 0. The summed E-state index contributed by atoms with van der Waals surface area (Å²) in [4.78, 5) is 11.3. The molecule has 4 nitrogen and oxygen atoms in total. The van der Waals surface area contributed by atoms with Crippen LogP contribution in [-0.2, 0) is 19.0 Å². The van der Waals surface area contributed by atoms with Gasteiger partial charge in [-0.2, -0.15) is 0 Å². The van der Waals surface area contributed by atoms with E-state index in [9.17, 15) is 4.79 Å². The van der Waals surface area contributed by atoms with Crippen molar-refractivity contribution in [3.63, 3.8) is 0 Å². The highest BCUT2D eigenvalue weighted by atomic mass is 16.5. The molecule has 0 bridgehead atoms. The minimum atomic E-state index is 0. The predicted octanol–water partition coefficient (Wildman–Crippen LogP) is 3.09. The lowest BCUT2D eigenvalue weighted by molar-refractivity contribution is -0.122. The minimum absolute atomic E-state index is 0. The van der Waals surface area contributed by atoms with Crippen LogP contribution in [0.15, 0.2) is 0 Å². The molecule has 4 heteroatoms. The average molecular weight is 276 g/mol. The highest BCUT2D eigenvalue weighted by Gasteiger charge is 2.05. The van der Waals surface area contributed by atoms with Gasteiger partial charge in [-0.1, -0.05) is 21.3 Å². The Kier molecular flexibility index (Phi) is 15.3. The van der Waals surface area contributed by atoms with Crippen molar-refractivity contribution in [3.05, 3.63) is 0 Å². The van der Waals surface area contributed by atoms with Gasteiger partial charge in [0.1, 0.15) is 5.78 Å². The lowest BCUT2D eigenvalue weighted by Crippen LogP contribution is -2.13. The molecule has 0 saturated heterocycles. The van der Waals surface area contributed by atoms with Gasteiger partial charge in [0, 0.05) is 18.9 Å². The molecule has 0 aliphatic carbocycles. The maximum absolute atomic E-state index is 11.3. The van der Waals surface area contributed by atoms with Crippen LogP contribution in [0.5, 0.6) is 0 Å². The number of Topliss-reactive ketones (excluding diaryl/α,β-unsaturated/α-hetero) is 1. The zero-order chi connectivity index (χ0) is 13.8. The van der Waals surface area contributed by atoms with Gasteiger partial charge >= 0.3 is 0 Å². The molecule has 0 spiro atoms. The number of carbonyl (C=O) groups excluding carboxylic acids is 1. The third kappa shape index (κ3) is 15.5. The Balaban J connectivity index is 0. The molecule has 19 heavy (non-hydrogen) atoms. The maximum atomic E-state index is 11.3. The van der Waals surface area contributed by atoms with Crippen LogP contribution in [0.4, 0.5) is 0 Å². The van der Waals surface area contributed by atoms with Crippen LogP contribution in [0.25, 0.3) is 0 Å². The predicted molar refractivity (Wildman–Crippen MR) is 78.5 cm³/mol. The standard InChI is InChI=1S/C14H28O4.CH4/c1-12(2)14(15)6-5-7-16-8-9-17-10-11-18-13(3)4;/h12-13H,5-11H2,1-4H3;1H4. The summed E-state index contributed by atoms with van der Waals surface area (Å²) >= 11 is 0. The van der Waals surface area contributed by atoms with E-state index in [1.807, 2.05) is 27.7 Å². The lowest BCUT2D eigenvalue weighted by Gasteiger charge is -2.08. The summed E-state index contributed by atoms with van der Waals surface area (Å²) in [5, 5.41) is 0. The zero-order valence-corrected chi connectivity index (χ0v) is 12.2. The first kappa shape index (κ1) is 20.9. The Morgan fingerprint density at radius 1 is 0.895 bits per heavy atom. The van der Waals surface area contributed by atoms with Crippen LogP contribution in [0.1, 0.15) is 48.0 Å². The second kappa shape index (κ2) is 14.0. The molecule has 0 rings (SSSR count). The molecule has 0 saturated carbocycles. The Hall–Kier alpha value is -0.450. The number of ether oxygens (including phenoxy) is 3. The van der Waals surface area contributed by atoms with Gasteiger partial charge in [-0.3, -0.25) is 4.79 Å².